The number of aliphatic carboxylic acids is 1. The summed E-state index contributed by atoms with van der Waals surface area (Å²) in [6, 6.07) is 3.65. The van der Waals surface area contributed by atoms with Crippen molar-refractivity contribution < 1.29 is 14.3 Å². The largest absolute Gasteiger partial charge is 0.480 e. The minimum Gasteiger partial charge on any atom is -0.480 e. The van der Waals surface area contributed by atoms with Gasteiger partial charge >= 0.3 is 5.97 Å². The van der Waals surface area contributed by atoms with Crippen LogP contribution < -0.4 is 5.32 Å². The lowest BCUT2D eigenvalue weighted by Gasteiger charge is -2.20. The molecule has 5 heteroatoms. The fourth-order valence-corrected chi connectivity index (χ4v) is 2.18. The van der Waals surface area contributed by atoms with E-state index < -0.39 is 12.0 Å². The van der Waals surface area contributed by atoms with E-state index in [2.05, 4.69) is 21.2 Å². The van der Waals surface area contributed by atoms with Gasteiger partial charge in [0.25, 0.3) is 0 Å². The average molecular weight is 318 g/mol. The van der Waals surface area contributed by atoms with Crippen molar-refractivity contribution in [3.8, 4) is 0 Å². The Hall–Kier alpha value is -0.940. The first kappa shape index (κ1) is 15.1. The van der Waals surface area contributed by atoms with Gasteiger partial charge in [-0.25, -0.2) is 4.39 Å². The van der Waals surface area contributed by atoms with E-state index >= 15 is 0 Å². The minimum atomic E-state index is -0.904. The number of hydrogen-bond donors (Lipinski definition) is 2. The predicted octanol–water partition coefficient (Wildman–Crippen LogP) is 3.49. The SMILES string of the molecule is CCCC(NC(C)c1cc(Br)ccc1F)C(=O)O. The molecule has 0 radical (unpaired) electrons. The summed E-state index contributed by atoms with van der Waals surface area (Å²) in [6.07, 6.45) is 1.28. The zero-order valence-electron chi connectivity index (χ0n) is 10.4. The maximum absolute atomic E-state index is 13.6. The average Bonchev–Trinajstić information content (AvgIpc) is 2.31. The first-order chi connectivity index (χ1) is 8.45. The van der Waals surface area contributed by atoms with Gasteiger partial charge in [0.05, 0.1) is 0 Å². The number of nitrogens with one attached hydrogen (secondary N) is 1. The summed E-state index contributed by atoms with van der Waals surface area (Å²) >= 11 is 3.28. The van der Waals surface area contributed by atoms with E-state index in [-0.39, 0.29) is 11.9 Å². The lowest BCUT2D eigenvalue weighted by atomic mass is 10.1. The van der Waals surface area contributed by atoms with E-state index in [0.29, 0.717) is 12.0 Å². The fraction of sp³-hybridized carbons (Fsp3) is 0.462. The summed E-state index contributed by atoms with van der Waals surface area (Å²) in [5.41, 5.74) is 0.465. The molecule has 3 nitrogen and oxygen atoms in total. The van der Waals surface area contributed by atoms with Crippen LogP contribution in [0, 0.1) is 5.82 Å². The maximum atomic E-state index is 13.6. The molecule has 2 atom stereocenters. The summed E-state index contributed by atoms with van der Waals surface area (Å²) in [5.74, 6) is -1.24. The monoisotopic (exact) mass is 317 g/mol. The summed E-state index contributed by atoms with van der Waals surface area (Å²) < 4.78 is 14.4. The molecule has 0 saturated heterocycles. The smallest absolute Gasteiger partial charge is 0.320 e. The fourth-order valence-electron chi connectivity index (χ4n) is 1.80. The van der Waals surface area contributed by atoms with Crippen molar-refractivity contribution in [1.82, 2.24) is 5.32 Å². The molecule has 0 aliphatic carbocycles. The second kappa shape index (κ2) is 6.85. The molecule has 0 fully saturated rings. The highest BCUT2D eigenvalue weighted by atomic mass is 79.9. The van der Waals surface area contributed by atoms with Gasteiger partial charge in [-0.2, -0.15) is 0 Å². The van der Waals surface area contributed by atoms with Crippen molar-refractivity contribution in [1.29, 1.82) is 0 Å². The van der Waals surface area contributed by atoms with Crippen LogP contribution in [0.15, 0.2) is 22.7 Å². The summed E-state index contributed by atoms with van der Waals surface area (Å²) in [7, 11) is 0. The number of hydrogen-bond acceptors (Lipinski definition) is 2. The van der Waals surface area contributed by atoms with E-state index in [1.165, 1.54) is 6.07 Å². The number of carboxylic acid groups (broad SMARTS) is 1. The number of benzene rings is 1. The second-order valence-corrected chi connectivity index (χ2v) is 5.15. The van der Waals surface area contributed by atoms with Crippen molar-refractivity contribution in [2.75, 3.05) is 0 Å². The summed E-state index contributed by atoms with van der Waals surface area (Å²) in [4.78, 5) is 11.0. The van der Waals surface area contributed by atoms with E-state index in [9.17, 15) is 9.18 Å². The Labute approximate surface area is 115 Å². The molecule has 18 heavy (non-hydrogen) atoms. The molecule has 0 aliphatic heterocycles. The van der Waals surface area contributed by atoms with Crippen LogP contribution in [0.2, 0.25) is 0 Å². The Morgan fingerprint density at radius 1 is 1.56 bits per heavy atom. The molecule has 0 aliphatic rings. The Bertz CT molecular complexity index is 425. The molecule has 1 aromatic carbocycles. The van der Waals surface area contributed by atoms with Crippen LogP contribution in [0.5, 0.6) is 0 Å². The lowest BCUT2D eigenvalue weighted by Crippen LogP contribution is -2.38. The molecule has 2 N–H and O–H groups in total. The second-order valence-electron chi connectivity index (χ2n) is 4.23. The van der Waals surface area contributed by atoms with Gasteiger partial charge in [-0.1, -0.05) is 29.3 Å². The third-order valence-electron chi connectivity index (χ3n) is 2.75. The van der Waals surface area contributed by atoms with Crippen LogP contribution in [0.4, 0.5) is 4.39 Å². The third kappa shape index (κ3) is 4.07. The predicted molar refractivity (Wildman–Crippen MR) is 72.0 cm³/mol. The summed E-state index contributed by atoms with van der Waals surface area (Å²) in [5, 5.41) is 12.0. The van der Waals surface area contributed by atoms with Crippen LogP contribution in [0.1, 0.15) is 38.3 Å². The van der Waals surface area contributed by atoms with Crippen molar-refractivity contribution in [3.05, 3.63) is 34.1 Å². The van der Waals surface area contributed by atoms with Gasteiger partial charge in [0.1, 0.15) is 11.9 Å². The first-order valence-corrected chi connectivity index (χ1v) is 6.68. The molecule has 0 spiro atoms. The van der Waals surface area contributed by atoms with E-state index in [1.54, 1.807) is 19.1 Å². The van der Waals surface area contributed by atoms with Gasteiger partial charge in [0.2, 0.25) is 0 Å². The van der Waals surface area contributed by atoms with Gasteiger partial charge in [-0.3, -0.25) is 10.1 Å². The summed E-state index contributed by atoms with van der Waals surface area (Å²) in [6.45, 7) is 3.68. The van der Waals surface area contributed by atoms with Gasteiger partial charge in [-0.05, 0) is 31.5 Å². The molecule has 0 aromatic heterocycles. The Kier molecular flexibility index (Phi) is 5.75. The Morgan fingerprint density at radius 2 is 2.22 bits per heavy atom. The molecular formula is C13H17BrFNO2. The molecule has 0 heterocycles. The molecule has 0 amide bonds. The van der Waals surface area contributed by atoms with E-state index in [0.717, 1.165) is 10.9 Å². The minimum absolute atomic E-state index is 0.334. The molecule has 1 aromatic rings. The molecular weight excluding hydrogens is 301 g/mol. The quantitative estimate of drug-likeness (QED) is 0.844. The molecule has 1 rings (SSSR count). The molecule has 0 bridgehead atoms. The normalized spacial score (nSPS) is 14.2. The van der Waals surface area contributed by atoms with Gasteiger partial charge in [-0.15, -0.1) is 0 Å². The molecule has 0 saturated carbocycles. The first-order valence-electron chi connectivity index (χ1n) is 5.89. The van der Waals surface area contributed by atoms with Crippen molar-refractivity contribution in [2.45, 2.75) is 38.8 Å². The van der Waals surface area contributed by atoms with Crippen LogP contribution in [-0.2, 0) is 4.79 Å². The highest BCUT2D eigenvalue weighted by Gasteiger charge is 2.20. The number of halogens is 2. The number of rotatable bonds is 6. The maximum Gasteiger partial charge on any atom is 0.320 e. The van der Waals surface area contributed by atoms with Crippen LogP contribution in [0.25, 0.3) is 0 Å². The molecule has 100 valence electrons. The van der Waals surface area contributed by atoms with Crippen LogP contribution in [0.3, 0.4) is 0 Å². The lowest BCUT2D eigenvalue weighted by molar-refractivity contribution is -0.139. The zero-order chi connectivity index (χ0) is 13.7. The Balaban J connectivity index is 2.83. The standard InChI is InChI=1S/C13H17BrFNO2/c1-3-4-12(13(17)18)16-8(2)10-7-9(14)5-6-11(10)15/h5-8,12,16H,3-4H2,1-2H3,(H,17,18). The Morgan fingerprint density at radius 3 is 2.78 bits per heavy atom. The van der Waals surface area contributed by atoms with Gasteiger partial charge in [0, 0.05) is 16.1 Å². The topological polar surface area (TPSA) is 49.3 Å². The number of carboxylic acids is 1. The third-order valence-corrected chi connectivity index (χ3v) is 3.24. The van der Waals surface area contributed by atoms with E-state index in [4.69, 9.17) is 5.11 Å². The van der Waals surface area contributed by atoms with E-state index in [1.807, 2.05) is 6.92 Å². The van der Waals surface area contributed by atoms with Crippen molar-refractivity contribution in [3.63, 3.8) is 0 Å². The van der Waals surface area contributed by atoms with Crippen LogP contribution in [-0.4, -0.2) is 17.1 Å². The molecule has 2 unspecified atom stereocenters. The van der Waals surface area contributed by atoms with Crippen molar-refractivity contribution >= 4 is 21.9 Å². The van der Waals surface area contributed by atoms with Gasteiger partial charge < -0.3 is 5.11 Å². The van der Waals surface area contributed by atoms with Gasteiger partial charge in [0.15, 0.2) is 0 Å². The number of carbonyl (C=O) groups is 1. The highest BCUT2D eigenvalue weighted by molar-refractivity contribution is 9.10. The highest BCUT2D eigenvalue weighted by Crippen LogP contribution is 2.22. The van der Waals surface area contributed by atoms with Crippen molar-refractivity contribution in [2.24, 2.45) is 0 Å². The zero-order valence-corrected chi connectivity index (χ0v) is 12.0. The van der Waals surface area contributed by atoms with Crippen LogP contribution >= 0.6 is 15.9 Å².